The lowest BCUT2D eigenvalue weighted by atomic mass is 10.3. The quantitative estimate of drug-likeness (QED) is 0.721. The van der Waals surface area contributed by atoms with Gasteiger partial charge in [0.1, 0.15) is 11.0 Å². The van der Waals surface area contributed by atoms with Gasteiger partial charge in [0.05, 0.1) is 22.9 Å². The molecule has 5 heteroatoms. The van der Waals surface area contributed by atoms with Crippen LogP contribution in [0.25, 0.3) is 0 Å². The first kappa shape index (κ1) is 12.1. The van der Waals surface area contributed by atoms with Crippen molar-refractivity contribution in [3.05, 3.63) is 17.5 Å². The molecule has 0 saturated carbocycles. The summed E-state index contributed by atoms with van der Waals surface area (Å²) in [6.45, 7) is 7.65. The molecule has 0 fully saturated rings. The molecule has 1 heterocycles. The summed E-state index contributed by atoms with van der Waals surface area (Å²) in [5.41, 5.74) is 1.93. The van der Waals surface area contributed by atoms with Gasteiger partial charge in [-0.2, -0.15) is 9.50 Å². The molecule has 0 amide bonds. The van der Waals surface area contributed by atoms with E-state index in [2.05, 4.69) is 9.50 Å². The molecule has 84 valence electrons. The van der Waals surface area contributed by atoms with Crippen LogP contribution in [0.5, 0.6) is 0 Å². The highest BCUT2D eigenvalue weighted by molar-refractivity contribution is 7.85. The minimum absolute atomic E-state index is 0.316. The monoisotopic (exact) mass is 227 g/mol. The van der Waals surface area contributed by atoms with Gasteiger partial charge in [0, 0.05) is 7.05 Å². The molecule has 1 aromatic rings. The number of nitrogens with zero attached hydrogens (tertiary/aromatic N) is 3. The summed E-state index contributed by atoms with van der Waals surface area (Å²) in [7, 11) is 0.631. The van der Waals surface area contributed by atoms with Crippen molar-refractivity contribution in [3.8, 4) is 0 Å². The predicted octanol–water partition coefficient (Wildman–Crippen LogP) is 1.61. The van der Waals surface area contributed by atoms with Crippen LogP contribution >= 0.6 is 0 Å². The lowest BCUT2D eigenvalue weighted by Gasteiger charge is -2.12. The van der Waals surface area contributed by atoms with Crippen LogP contribution in [0.3, 0.4) is 0 Å². The first-order valence-corrected chi connectivity index (χ1v) is 5.87. The molecule has 0 aliphatic rings. The van der Waals surface area contributed by atoms with Crippen molar-refractivity contribution >= 4 is 17.2 Å². The van der Waals surface area contributed by atoms with Crippen molar-refractivity contribution in [2.24, 2.45) is 11.4 Å². The van der Waals surface area contributed by atoms with Crippen molar-refractivity contribution in [3.63, 3.8) is 0 Å². The van der Waals surface area contributed by atoms with E-state index in [1.54, 1.807) is 17.1 Å². The Morgan fingerprint density at radius 2 is 2.13 bits per heavy atom. The molecule has 0 aliphatic carbocycles. The zero-order valence-corrected chi connectivity index (χ0v) is 10.6. The van der Waals surface area contributed by atoms with Crippen LogP contribution in [0.1, 0.15) is 32.0 Å². The maximum atomic E-state index is 11.7. The van der Waals surface area contributed by atoms with Crippen molar-refractivity contribution in [1.82, 2.24) is 9.78 Å². The van der Waals surface area contributed by atoms with Crippen LogP contribution in [0, 0.1) is 6.92 Å². The highest BCUT2D eigenvalue weighted by Crippen LogP contribution is 2.12. The number of rotatable bonds is 2. The van der Waals surface area contributed by atoms with E-state index in [1.807, 2.05) is 34.7 Å². The lowest BCUT2D eigenvalue weighted by molar-refractivity contribution is 0.651. The third kappa shape index (κ3) is 2.99. The molecule has 1 aromatic heterocycles. The van der Waals surface area contributed by atoms with Gasteiger partial charge in [0.25, 0.3) is 0 Å². The maximum absolute atomic E-state index is 11.7. The number of aromatic nitrogens is 2. The maximum Gasteiger partial charge on any atom is 0.144 e. The summed E-state index contributed by atoms with van der Waals surface area (Å²) < 4.78 is 17.1. The first-order chi connectivity index (χ1) is 6.82. The Labute approximate surface area is 93.0 Å². The molecule has 4 nitrogen and oxygen atoms in total. The van der Waals surface area contributed by atoms with Gasteiger partial charge in [-0.1, -0.05) is 0 Å². The van der Waals surface area contributed by atoms with Crippen molar-refractivity contribution < 1.29 is 4.21 Å². The number of hydrogen-bond acceptors (Lipinski definition) is 2. The average Bonchev–Trinajstić information content (AvgIpc) is 2.41. The van der Waals surface area contributed by atoms with Gasteiger partial charge in [-0.3, -0.25) is 4.68 Å². The Morgan fingerprint density at radius 1 is 1.53 bits per heavy atom. The van der Waals surface area contributed by atoms with Gasteiger partial charge >= 0.3 is 0 Å². The van der Waals surface area contributed by atoms with Gasteiger partial charge in [-0.05, 0) is 33.3 Å². The van der Waals surface area contributed by atoms with E-state index in [0.717, 1.165) is 11.3 Å². The smallest absolute Gasteiger partial charge is 0.144 e. The Kier molecular flexibility index (Phi) is 3.44. The molecular formula is C10H17N3OS. The molecule has 1 rings (SSSR count). The molecule has 1 atom stereocenters. The number of hydrogen-bond donors (Lipinski definition) is 0. The van der Waals surface area contributed by atoms with E-state index in [-0.39, 0.29) is 4.75 Å². The number of aryl methyl sites for hydroxylation is 2. The van der Waals surface area contributed by atoms with Crippen LogP contribution in [-0.4, -0.2) is 25.0 Å². The van der Waals surface area contributed by atoms with Gasteiger partial charge in [-0.15, -0.1) is 0 Å². The Morgan fingerprint density at radius 3 is 2.53 bits per heavy atom. The fraction of sp³-hybridized carbons (Fsp3) is 0.600. The molecule has 1 unspecified atom stereocenters. The van der Waals surface area contributed by atoms with Crippen LogP contribution in [0.2, 0.25) is 0 Å². The molecule has 15 heavy (non-hydrogen) atoms. The fourth-order valence-corrected chi connectivity index (χ4v) is 1.51. The highest BCUT2D eigenvalue weighted by Gasteiger charge is 2.18. The van der Waals surface area contributed by atoms with E-state index in [1.165, 1.54) is 0 Å². The highest BCUT2D eigenvalue weighted by atomic mass is 32.2. The predicted molar refractivity (Wildman–Crippen MR) is 63.4 cm³/mol. The topological polar surface area (TPSA) is 47.2 Å². The Bertz CT molecular complexity index is 382. The Hall–Kier alpha value is -0.970. The van der Waals surface area contributed by atoms with E-state index >= 15 is 0 Å². The summed E-state index contributed by atoms with van der Waals surface area (Å²) in [6, 6.07) is 0. The summed E-state index contributed by atoms with van der Waals surface area (Å²) in [4.78, 5) is 0. The van der Waals surface area contributed by atoms with E-state index in [4.69, 9.17) is 0 Å². The summed E-state index contributed by atoms with van der Waals surface area (Å²) in [5.74, 6) is 0. The second-order valence-electron chi connectivity index (χ2n) is 4.43. The van der Waals surface area contributed by atoms with Gasteiger partial charge < -0.3 is 0 Å². The summed E-state index contributed by atoms with van der Waals surface area (Å²) >= 11 is 0. The zero-order valence-electron chi connectivity index (χ0n) is 9.81. The average molecular weight is 227 g/mol. The standard InChI is InChI=1S/C10H17N3OS/c1-8-6-11-13(5)9(8)7-12-15(14)10(2,3)4/h6-7H,1-5H3/b12-7+. The molecule has 0 saturated heterocycles. The van der Waals surface area contributed by atoms with Gasteiger partial charge in [0.15, 0.2) is 0 Å². The molecule has 0 spiro atoms. The van der Waals surface area contributed by atoms with Crippen molar-refractivity contribution in [2.45, 2.75) is 32.4 Å². The Balaban J connectivity index is 2.88. The first-order valence-electron chi connectivity index (χ1n) is 4.77. The molecule has 0 bridgehead atoms. The largest absolute Gasteiger partial charge is 0.267 e. The van der Waals surface area contributed by atoms with Crippen molar-refractivity contribution in [1.29, 1.82) is 0 Å². The fourth-order valence-electron chi connectivity index (χ4n) is 0.998. The SMILES string of the molecule is Cc1cnn(C)c1/C=N/S(=O)C(C)(C)C. The van der Waals surface area contributed by atoms with E-state index in [9.17, 15) is 4.21 Å². The third-order valence-electron chi connectivity index (χ3n) is 1.97. The van der Waals surface area contributed by atoms with Crippen LogP contribution in [-0.2, 0) is 18.0 Å². The van der Waals surface area contributed by atoms with E-state index < -0.39 is 11.0 Å². The minimum atomic E-state index is -1.21. The van der Waals surface area contributed by atoms with Crippen LogP contribution < -0.4 is 0 Å². The van der Waals surface area contributed by atoms with E-state index in [0.29, 0.717) is 0 Å². The van der Waals surface area contributed by atoms with Crippen LogP contribution in [0.4, 0.5) is 0 Å². The molecule has 0 N–H and O–H groups in total. The van der Waals surface area contributed by atoms with Gasteiger partial charge in [-0.25, -0.2) is 4.21 Å². The minimum Gasteiger partial charge on any atom is -0.267 e. The molecular weight excluding hydrogens is 210 g/mol. The normalized spacial score (nSPS) is 14.7. The molecule has 0 aliphatic heterocycles. The second-order valence-corrected chi connectivity index (χ2v) is 6.37. The van der Waals surface area contributed by atoms with Gasteiger partial charge in [0.2, 0.25) is 0 Å². The summed E-state index contributed by atoms with van der Waals surface area (Å²) in [5, 5.41) is 4.08. The second kappa shape index (κ2) is 4.26. The molecule has 0 aromatic carbocycles. The van der Waals surface area contributed by atoms with Crippen molar-refractivity contribution in [2.75, 3.05) is 0 Å². The summed E-state index contributed by atoms with van der Waals surface area (Å²) in [6.07, 6.45) is 3.39. The zero-order chi connectivity index (χ0) is 11.6. The van der Waals surface area contributed by atoms with Crippen LogP contribution in [0.15, 0.2) is 10.6 Å². The lowest BCUT2D eigenvalue weighted by Crippen LogP contribution is -2.19. The third-order valence-corrected chi connectivity index (χ3v) is 3.32. The molecule has 0 radical (unpaired) electrons.